The predicted molar refractivity (Wildman–Crippen MR) is 93.8 cm³/mol. The molecule has 120 valence electrons. The first-order valence-corrected chi connectivity index (χ1v) is 8.15. The van der Waals surface area contributed by atoms with E-state index in [1.54, 1.807) is 7.11 Å². The molecule has 0 bridgehead atoms. The van der Waals surface area contributed by atoms with E-state index >= 15 is 0 Å². The maximum absolute atomic E-state index is 12.5. The van der Waals surface area contributed by atoms with Gasteiger partial charge in [-0.2, -0.15) is 0 Å². The Morgan fingerprint density at radius 3 is 2.35 bits per heavy atom. The number of carbonyl (C=O) groups excluding carboxylic acids is 1. The van der Waals surface area contributed by atoms with Crippen LogP contribution in [0.4, 0.5) is 0 Å². The Morgan fingerprint density at radius 1 is 1.13 bits per heavy atom. The third-order valence-corrected chi connectivity index (χ3v) is 4.34. The van der Waals surface area contributed by atoms with E-state index in [1.807, 2.05) is 61.5 Å². The van der Waals surface area contributed by atoms with Crippen molar-refractivity contribution in [2.75, 3.05) is 13.7 Å². The van der Waals surface area contributed by atoms with Gasteiger partial charge in [0.2, 0.25) is 0 Å². The molecule has 2 aromatic rings. The van der Waals surface area contributed by atoms with Crippen molar-refractivity contribution in [1.82, 2.24) is 0 Å². The number of carbonyl (C=O) groups is 1. The van der Waals surface area contributed by atoms with Crippen molar-refractivity contribution < 1.29 is 14.3 Å². The second-order valence-corrected chi connectivity index (χ2v) is 6.33. The van der Waals surface area contributed by atoms with E-state index in [0.717, 1.165) is 21.8 Å². The summed E-state index contributed by atoms with van der Waals surface area (Å²) < 4.78 is 10.5. The summed E-state index contributed by atoms with van der Waals surface area (Å²) in [6.45, 7) is 5.84. The molecule has 2 rings (SSSR count). The Balaban J connectivity index is 2.18. The molecule has 0 saturated heterocycles. The predicted octanol–water partition coefficient (Wildman–Crippen LogP) is 4.65. The summed E-state index contributed by atoms with van der Waals surface area (Å²) in [5.41, 5.74) is 1.74. The van der Waals surface area contributed by atoms with Crippen molar-refractivity contribution in [2.45, 2.75) is 17.1 Å². The summed E-state index contributed by atoms with van der Waals surface area (Å²) >= 11 is 1.46. The van der Waals surface area contributed by atoms with Crippen LogP contribution in [0.5, 0.6) is 5.75 Å². The topological polar surface area (TPSA) is 35.5 Å². The number of methoxy groups -OCH3 is 1. The lowest BCUT2D eigenvalue weighted by atomic mass is 10.1. The highest BCUT2D eigenvalue weighted by atomic mass is 32.2. The molecule has 0 saturated carbocycles. The summed E-state index contributed by atoms with van der Waals surface area (Å²) in [6, 6.07) is 17.3. The number of ether oxygens (including phenoxy) is 2. The molecule has 0 aliphatic rings. The van der Waals surface area contributed by atoms with Gasteiger partial charge in [0.15, 0.2) is 0 Å². The van der Waals surface area contributed by atoms with Crippen molar-refractivity contribution in [3.63, 3.8) is 0 Å². The average Bonchev–Trinajstić information content (AvgIpc) is 2.59. The number of rotatable bonds is 7. The molecule has 0 radical (unpaired) electrons. The van der Waals surface area contributed by atoms with Gasteiger partial charge < -0.3 is 9.47 Å². The molecule has 4 heteroatoms. The monoisotopic (exact) mass is 328 g/mol. The Morgan fingerprint density at radius 2 is 1.78 bits per heavy atom. The van der Waals surface area contributed by atoms with Crippen molar-refractivity contribution in [3.8, 4) is 5.75 Å². The molecule has 2 aromatic carbocycles. The molecule has 0 N–H and O–H groups in total. The Bertz CT molecular complexity index is 650. The first-order chi connectivity index (χ1) is 11.1. The van der Waals surface area contributed by atoms with Gasteiger partial charge in [-0.1, -0.05) is 36.9 Å². The van der Waals surface area contributed by atoms with Crippen LogP contribution in [0, 0.1) is 0 Å². The van der Waals surface area contributed by atoms with Crippen LogP contribution >= 0.6 is 11.8 Å². The minimum absolute atomic E-state index is 0.241. The van der Waals surface area contributed by atoms with E-state index in [0.29, 0.717) is 0 Å². The van der Waals surface area contributed by atoms with Gasteiger partial charge >= 0.3 is 5.97 Å². The highest BCUT2D eigenvalue weighted by molar-refractivity contribution is 8.00. The standard InChI is InChI=1S/C19H20O3S/c1-14(2)13-22-19(20)18(15-7-5-4-6-8-15)23-17-11-9-16(21-3)10-12-17/h4-12,18H,1,13H2,2-3H3. The van der Waals surface area contributed by atoms with Crippen molar-refractivity contribution in [2.24, 2.45) is 0 Å². The van der Waals surface area contributed by atoms with Gasteiger partial charge in [-0.25, -0.2) is 0 Å². The number of benzene rings is 2. The van der Waals surface area contributed by atoms with Crippen molar-refractivity contribution in [1.29, 1.82) is 0 Å². The van der Waals surface area contributed by atoms with Gasteiger partial charge in [0.1, 0.15) is 17.6 Å². The van der Waals surface area contributed by atoms with Crippen LogP contribution in [0.15, 0.2) is 71.6 Å². The summed E-state index contributed by atoms with van der Waals surface area (Å²) in [4.78, 5) is 13.4. The molecule has 0 aliphatic heterocycles. The molecule has 0 heterocycles. The molecular weight excluding hydrogens is 308 g/mol. The van der Waals surface area contributed by atoms with Crippen LogP contribution in [0.25, 0.3) is 0 Å². The largest absolute Gasteiger partial charge is 0.497 e. The Labute approximate surface area is 141 Å². The first-order valence-electron chi connectivity index (χ1n) is 7.27. The van der Waals surface area contributed by atoms with E-state index in [1.165, 1.54) is 11.8 Å². The van der Waals surface area contributed by atoms with Crippen LogP contribution in [0.1, 0.15) is 17.7 Å². The van der Waals surface area contributed by atoms with E-state index in [2.05, 4.69) is 6.58 Å². The third kappa shape index (κ3) is 5.18. The van der Waals surface area contributed by atoms with Gasteiger partial charge in [-0.3, -0.25) is 4.79 Å². The fourth-order valence-corrected chi connectivity index (χ4v) is 2.96. The van der Waals surface area contributed by atoms with E-state index in [-0.39, 0.29) is 12.6 Å². The molecule has 0 aromatic heterocycles. The smallest absolute Gasteiger partial charge is 0.324 e. The van der Waals surface area contributed by atoms with Crippen LogP contribution in [0.3, 0.4) is 0 Å². The van der Waals surface area contributed by atoms with Crippen LogP contribution in [-0.2, 0) is 9.53 Å². The lowest BCUT2D eigenvalue weighted by Crippen LogP contribution is -2.14. The quantitative estimate of drug-likeness (QED) is 0.421. The fraction of sp³-hybridized carbons (Fsp3) is 0.211. The van der Waals surface area contributed by atoms with Gasteiger partial charge in [0.05, 0.1) is 7.11 Å². The van der Waals surface area contributed by atoms with Gasteiger partial charge in [-0.05, 0) is 42.3 Å². The maximum Gasteiger partial charge on any atom is 0.324 e. The van der Waals surface area contributed by atoms with E-state index in [4.69, 9.17) is 9.47 Å². The molecule has 23 heavy (non-hydrogen) atoms. The lowest BCUT2D eigenvalue weighted by Gasteiger charge is -2.16. The van der Waals surface area contributed by atoms with Crippen LogP contribution < -0.4 is 4.74 Å². The summed E-state index contributed by atoms with van der Waals surface area (Å²) in [5, 5.41) is -0.413. The average molecular weight is 328 g/mol. The fourth-order valence-electron chi connectivity index (χ4n) is 1.94. The number of thioether (sulfide) groups is 1. The number of hydrogen-bond donors (Lipinski definition) is 0. The molecular formula is C19H20O3S. The minimum atomic E-state index is -0.413. The maximum atomic E-state index is 12.5. The first kappa shape index (κ1) is 17.2. The molecule has 0 amide bonds. The minimum Gasteiger partial charge on any atom is -0.497 e. The summed E-state index contributed by atoms with van der Waals surface area (Å²) in [6.07, 6.45) is 0. The molecule has 3 nitrogen and oxygen atoms in total. The Hall–Kier alpha value is -2.20. The normalized spacial score (nSPS) is 11.6. The molecule has 0 aliphatic carbocycles. The molecule has 0 spiro atoms. The SMILES string of the molecule is C=C(C)COC(=O)C(Sc1ccc(OC)cc1)c1ccccc1. The van der Waals surface area contributed by atoms with Gasteiger partial charge in [0, 0.05) is 4.90 Å². The highest BCUT2D eigenvalue weighted by Gasteiger charge is 2.23. The Kier molecular flexibility index (Phi) is 6.29. The molecule has 1 atom stereocenters. The zero-order chi connectivity index (χ0) is 16.7. The van der Waals surface area contributed by atoms with E-state index < -0.39 is 5.25 Å². The van der Waals surface area contributed by atoms with Crippen molar-refractivity contribution in [3.05, 3.63) is 72.3 Å². The zero-order valence-corrected chi connectivity index (χ0v) is 14.1. The third-order valence-electron chi connectivity index (χ3n) is 3.09. The van der Waals surface area contributed by atoms with Crippen molar-refractivity contribution >= 4 is 17.7 Å². The second-order valence-electron chi connectivity index (χ2n) is 5.15. The van der Waals surface area contributed by atoms with Gasteiger partial charge in [0.25, 0.3) is 0 Å². The highest BCUT2D eigenvalue weighted by Crippen LogP contribution is 2.36. The van der Waals surface area contributed by atoms with E-state index in [9.17, 15) is 4.79 Å². The molecule has 0 fully saturated rings. The number of hydrogen-bond acceptors (Lipinski definition) is 4. The zero-order valence-electron chi connectivity index (χ0n) is 13.3. The molecule has 1 unspecified atom stereocenters. The summed E-state index contributed by atoms with van der Waals surface area (Å²) in [5.74, 6) is 0.524. The van der Waals surface area contributed by atoms with Crippen LogP contribution in [0.2, 0.25) is 0 Å². The lowest BCUT2D eigenvalue weighted by molar-refractivity contribution is -0.142. The van der Waals surface area contributed by atoms with Gasteiger partial charge in [-0.15, -0.1) is 11.8 Å². The summed E-state index contributed by atoms with van der Waals surface area (Å²) in [7, 11) is 1.63. The number of esters is 1. The van der Waals surface area contributed by atoms with Crippen LogP contribution in [-0.4, -0.2) is 19.7 Å². The second kappa shape index (κ2) is 8.44.